The van der Waals surface area contributed by atoms with Gasteiger partial charge in [0, 0.05) is 48.6 Å². The first-order chi connectivity index (χ1) is 11.6. The lowest BCUT2D eigenvalue weighted by Gasteiger charge is -2.12. The molecule has 0 radical (unpaired) electrons. The van der Waals surface area contributed by atoms with E-state index >= 15 is 0 Å². The maximum atomic E-state index is 12.3. The van der Waals surface area contributed by atoms with E-state index in [1.54, 1.807) is 26.0 Å². The van der Waals surface area contributed by atoms with Gasteiger partial charge in [0.15, 0.2) is 0 Å². The number of sulfonamides is 1. The van der Waals surface area contributed by atoms with Gasteiger partial charge in [0.25, 0.3) is 6.02 Å². The van der Waals surface area contributed by atoms with Crippen LogP contribution in [0.3, 0.4) is 0 Å². The van der Waals surface area contributed by atoms with Crippen molar-refractivity contribution in [1.82, 2.24) is 9.55 Å². The van der Waals surface area contributed by atoms with Crippen molar-refractivity contribution in [2.45, 2.75) is 24.8 Å². The van der Waals surface area contributed by atoms with E-state index < -0.39 is 21.7 Å². The second-order valence-electron chi connectivity index (χ2n) is 5.78. The predicted molar refractivity (Wildman–Crippen MR) is 89.9 cm³/mol. The zero-order valence-corrected chi connectivity index (χ0v) is 15.1. The molecule has 2 rings (SSSR count). The van der Waals surface area contributed by atoms with Crippen molar-refractivity contribution in [3.05, 3.63) is 47.4 Å². The summed E-state index contributed by atoms with van der Waals surface area (Å²) >= 11 is 0. The topological polar surface area (TPSA) is 112 Å². The maximum Gasteiger partial charge on any atom is 0.372 e. The first kappa shape index (κ1) is 18.6. The van der Waals surface area contributed by atoms with E-state index in [0.717, 1.165) is 27.2 Å². The zero-order chi connectivity index (χ0) is 18.8. The lowest BCUT2D eigenvalue weighted by molar-refractivity contribution is -0.613. The van der Waals surface area contributed by atoms with E-state index in [1.165, 1.54) is 12.4 Å². The molecule has 2 aromatic rings. The Hall–Kier alpha value is -2.75. The van der Waals surface area contributed by atoms with Crippen LogP contribution in [0.4, 0.5) is 5.69 Å². The highest BCUT2D eigenvalue weighted by Crippen LogP contribution is 2.11. The van der Waals surface area contributed by atoms with Crippen LogP contribution < -0.4 is 20.3 Å². The molecule has 0 spiro atoms. The van der Waals surface area contributed by atoms with E-state index in [-0.39, 0.29) is 10.9 Å². The Labute approximate surface area is 145 Å². The second-order valence-corrected chi connectivity index (χ2v) is 7.38. The van der Waals surface area contributed by atoms with Crippen LogP contribution in [0.1, 0.15) is 19.9 Å². The molecule has 0 aliphatic carbocycles. The summed E-state index contributed by atoms with van der Waals surface area (Å²) in [6, 6.07) is 2.06. The molecule has 10 heteroatoms. The van der Waals surface area contributed by atoms with E-state index in [0.29, 0.717) is 0 Å². The van der Waals surface area contributed by atoms with Crippen LogP contribution in [-0.2, 0) is 10.0 Å². The Morgan fingerprint density at radius 3 is 2.44 bits per heavy atom. The van der Waals surface area contributed by atoms with Crippen molar-refractivity contribution in [2.24, 2.45) is 4.40 Å². The fourth-order valence-corrected chi connectivity index (χ4v) is 2.80. The highest BCUT2D eigenvalue weighted by atomic mass is 32.2. The lowest BCUT2D eigenvalue weighted by Crippen LogP contribution is -2.51. The molecule has 0 bridgehead atoms. The molecule has 0 unspecified atom stereocenters. The highest BCUT2D eigenvalue weighted by molar-refractivity contribution is 7.90. The summed E-state index contributed by atoms with van der Waals surface area (Å²) < 4.78 is 30.1. The Morgan fingerprint density at radius 1 is 1.32 bits per heavy atom. The summed E-state index contributed by atoms with van der Waals surface area (Å²) in [5.74, 6) is 0. The smallest absolute Gasteiger partial charge is 0.372 e. The number of aromatic nitrogens is 3. The average molecular weight is 365 g/mol. The van der Waals surface area contributed by atoms with Gasteiger partial charge in [-0.25, -0.2) is 14.3 Å². The van der Waals surface area contributed by atoms with Gasteiger partial charge in [0.1, 0.15) is 4.90 Å². The molecule has 25 heavy (non-hydrogen) atoms. The Morgan fingerprint density at radius 2 is 1.92 bits per heavy atom. The summed E-state index contributed by atoms with van der Waals surface area (Å²) in [5.41, 5.74) is 0.272. The molecule has 0 aliphatic rings. The standard InChI is InChI=1S/C15H19N5O4S/c1-11(2)20-10-13(9-16-14(20)21)25(23,24)17-15(22)19-7-5-12(6-8-19)18(3)4/h5-11H,1-4H3. The summed E-state index contributed by atoms with van der Waals surface area (Å²) in [6.07, 6.45) is 4.87. The number of pyridine rings is 1. The fraction of sp³-hybridized carbons (Fsp3) is 0.333. The molecular weight excluding hydrogens is 346 g/mol. The third-order valence-electron chi connectivity index (χ3n) is 3.39. The third kappa shape index (κ3) is 4.21. The second kappa shape index (κ2) is 7.01. The van der Waals surface area contributed by atoms with E-state index in [4.69, 9.17) is 0 Å². The Bertz CT molecular complexity index is 947. The van der Waals surface area contributed by atoms with Crippen molar-refractivity contribution in [3.8, 4) is 0 Å². The van der Waals surface area contributed by atoms with Crippen LogP contribution in [0, 0.1) is 0 Å². The molecule has 0 aliphatic heterocycles. The van der Waals surface area contributed by atoms with Gasteiger partial charge in [-0.2, -0.15) is 8.42 Å². The normalized spacial score (nSPS) is 12.4. The van der Waals surface area contributed by atoms with Crippen molar-refractivity contribution < 1.29 is 18.1 Å². The number of hydrogen-bond acceptors (Lipinski definition) is 6. The van der Waals surface area contributed by atoms with Gasteiger partial charge in [0.2, 0.25) is 0 Å². The molecule has 0 N–H and O–H groups in total. The van der Waals surface area contributed by atoms with Crippen LogP contribution >= 0.6 is 0 Å². The van der Waals surface area contributed by atoms with Gasteiger partial charge in [-0.3, -0.25) is 4.57 Å². The summed E-state index contributed by atoms with van der Waals surface area (Å²) in [5, 5.41) is 12.1. The largest absolute Gasteiger partial charge is 0.806 e. The quantitative estimate of drug-likeness (QED) is 0.396. The van der Waals surface area contributed by atoms with Gasteiger partial charge in [-0.15, -0.1) is 0 Å². The molecule has 0 saturated heterocycles. The molecular formula is C15H19N5O4S. The first-order valence-corrected chi connectivity index (χ1v) is 8.85. The van der Waals surface area contributed by atoms with E-state index in [9.17, 15) is 18.3 Å². The van der Waals surface area contributed by atoms with Crippen LogP contribution in [0.2, 0.25) is 0 Å². The van der Waals surface area contributed by atoms with Crippen molar-refractivity contribution in [2.75, 3.05) is 19.0 Å². The monoisotopic (exact) mass is 365 g/mol. The van der Waals surface area contributed by atoms with Gasteiger partial charge >= 0.3 is 15.7 Å². The van der Waals surface area contributed by atoms with Crippen LogP contribution in [0.25, 0.3) is 0 Å². The average Bonchev–Trinajstić information content (AvgIpc) is 2.54. The molecule has 2 heterocycles. The number of hydrogen-bond donors (Lipinski definition) is 0. The predicted octanol–water partition coefficient (Wildman–Crippen LogP) is -0.869. The minimum Gasteiger partial charge on any atom is -0.806 e. The zero-order valence-electron chi connectivity index (χ0n) is 14.3. The lowest BCUT2D eigenvalue weighted by atomic mass is 10.4. The van der Waals surface area contributed by atoms with Crippen LogP contribution in [0.5, 0.6) is 0 Å². The molecule has 0 fully saturated rings. The van der Waals surface area contributed by atoms with Gasteiger partial charge in [0.05, 0.1) is 18.6 Å². The van der Waals surface area contributed by atoms with E-state index in [2.05, 4.69) is 9.38 Å². The number of anilines is 1. The summed E-state index contributed by atoms with van der Waals surface area (Å²) in [4.78, 5) is 16.7. The van der Waals surface area contributed by atoms with Gasteiger partial charge < -0.3 is 10.0 Å². The summed E-state index contributed by atoms with van der Waals surface area (Å²) in [7, 11) is -0.604. The molecule has 134 valence electrons. The molecule has 0 amide bonds. The summed E-state index contributed by atoms with van der Waals surface area (Å²) in [6.45, 7) is 3.42. The fourth-order valence-electron chi connectivity index (χ4n) is 1.96. The minimum absolute atomic E-state index is 0.279. The molecule has 0 atom stereocenters. The number of nitrogens with zero attached hydrogens (tertiary/aromatic N) is 5. The minimum atomic E-state index is -4.28. The molecule has 0 aromatic carbocycles. The van der Waals surface area contributed by atoms with Crippen molar-refractivity contribution in [1.29, 1.82) is 0 Å². The third-order valence-corrected chi connectivity index (χ3v) is 4.59. The Kier molecular flexibility index (Phi) is 5.21. The van der Waals surface area contributed by atoms with Crippen molar-refractivity contribution in [3.63, 3.8) is 0 Å². The number of rotatable bonds is 4. The Balaban J connectivity index is 2.41. The van der Waals surface area contributed by atoms with Gasteiger partial charge in [-0.05, 0) is 13.8 Å². The molecule has 0 saturated carbocycles. The van der Waals surface area contributed by atoms with Crippen LogP contribution in [-0.4, -0.2) is 38.1 Å². The van der Waals surface area contributed by atoms with Crippen molar-refractivity contribution >= 4 is 21.7 Å². The van der Waals surface area contributed by atoms with Gasteiger partial charge in [-0.1, -0.05) is 0 Å². The molecule has 2 aromatic heterocycles. The van der Waals surface area contributed by atoms with Crippen LogP contribution in [0.15, 0.2) is 51.0 Å². The highest BCUT2D eigenvalue weighted by Gasteiger charge is 2.22. The SMILES string of the molecule is CC(C)n1cc(S(=O)(=O)/N=C(\[O-])[n+]2ccc(N(C)C)cc2)cnc1=O. The van der Waals surface area contributed by atoms with E-state index in [1.807, 2.05) is 19.0 Å². The molecule has 9 nitrogen and oxygen atoms in total. The maximum absolute atomic E-state index is 12.3. The first-order valence-electron chi connectivity index (χ1n) is 7.41.